The molecule has 4 heteroatoms. The highest BCUT2D eigenvalue weighted by Crippen LogP contribution is 2.47. The molecule has 0 saturated heterocycles. The molecule has 0 aromatic heterocycles. The molecule has 1 saturated carbocycles. The number of amides is 1. The van der Waals surface area contributed by atoms with E-state index >= 15 is 0 Å². The number of fused-ring (bicyclic) bond motifs is 1. The van der Waals surface area contributed by atoms with Crippen LogP contribution in [0.4, 0.5) is 5.69 Å². The Hall–Kier alpha value is -1.68. The van der Waals surface area contributed by atoms with Gasteiger partial charge in [0.2, 0.25) is 0 Å². The summed E-state index contributed by atoms with van der Waals surface area (Å²) >= 11 is 0. The molecule has 3 atom stereocenters. The molecule has 4 nitrogen and oxygen atoms in total. The van der Waals surface area contributed by atoms with Crippen LogP contribution in [-0.4, -0.2) is 23.8 Å². The number of carbonyl (C=O) groups excluding carboxylic acids is 2. The smallest absolute Gasteiger partial charge is 0.264 e. The average molecular weight is 273 g/mol. The van der Waals surface area contributed by atoms with Gasteiger partial charge in [-0.1, -0.05) is 25.1 Å². The third-order valence-electron chi connectivity index (χ3n) is 4.72. The Balaban J connectivity index is 2.11. The Morgan fingerprint density at radius 1 is 1.30 bits per heavy atom. The number of carbonyl (C=O) groups is 2. The van der Waals surface area contributed by atoms with Gasteiger partial charge in [-0.15, -0.1) is 0 Å². The predicted molar refractivity (Wildman–Crippen MR) is 75.3 cm³/mol. The van der Waals surface area contributed by atoms with E-state index in [-0.39, 0.29) is 11.7 Å². The van der Waals surface area contributed by atoms with E-state index in [2.05, 4.69) is 6.92 Å². The van der Waals surface area contributed by atoms with Crippen LogP contribution in [0.1, 0.15) is 31.7 Å². The van der Waals surface area contributed by atoms with Gasteiger partial charge in [-0.3, -0.25) is 9.59 Å². The molecular weight excluding hydrogens is 254 g/mol. The zero-order valence-electron chi connectivity index (χ0n) is 11.8. The zero-order chi connectivity index (χ0) is 14.5. The molecule has 0 radical (unpaired) electrons. The lowest BCUT2D eigenvalue weighted by Crippen LogP contribution is -2.49. The number of para-hydroxylation sites is 1. The summed E-state index contributed by atoms with van der Waals surface area (Å²) < 4.78 is 0. The Bertz CT molecular complexity index is 583. The standard InChI is InChI=1S/C16H19NO3/c1-10-7-8-14(18)12(9-10)16(20)11-5-3-4-6-13(11)17(2)15(16)19/h3-6,10,12,20H,7-9H2,1-2H3/t10-,12-,16+/m0/s1. The molecule has 3 rings (SSSR count). The van der Waals surface area contributed by atoms with Crippen molar-refractivity contribution >= 4 is 17.4 Å². The van der Waals surface area contributed by atoms with Crippen molar-refractivity contribution in [2.45, 2.75) is 31.8 Å². The van der Waals surface area contributed by atoms with Crippen molar-refractivity contribution in [1.82, 2.24) is 0 Å². The molecule has 1 aliphatic heterocycles. The van der Waals surface area contributed by atoms with Crippen molar-refractivity contribution in [3.63, 3.8) is 0 Å². The first-order valence-corrected chi connectivity index (χ1v) is 7.09. The summed E-state index contributed by atoms with van der Waals surface area (Å²) in [5, 5.41) is 11.1. The van der Waals surface area contributed by atoms with E-state index in [0.717, 1.165) is 6.42 Å². The molecule has 2 aliphatic rings. The fourth-order valence-electron chi connectivity index (χ4n) is 3.52. The molecule has 1 aliphatic carbocycles. The third-order valence-corrected chi connectivity index (χ3v) is 4.72. The summed E-state index contributed by atoms with van der Waals surface area (Å²) in [6.45, 7) is 2.07. The Morgan fingerprint density at radius 2 is 2.00 bits per heavy atom. The number of hydrogen-bond acceptors (Lipinski definition) is 3. The quantitative estimate of drug-likeness (QED) is 0.849. The van der Waals surface area contributed by atoms with E-state index < -0.39 is 11.5 Å². The minimum absolute atomic E-state index is 0.00375. The van der Waals surface area contributed by atoms with E-state index in [9.17, 15) is 14.7 Å². The maximum absolute atomic E-state index is 12.6. The van der Waals surface area contributed by atoms with Gasteiger partial charge in [0.05, 0.1) is 11.6 Å². The van der Waals surface area contributed by atoms with Gasteiger partial charge in [-0.25, -0.2) is 0 Å². The molecule has 1 fully saturated rings. The average Bonchev–Trinajstić information content (AvgIpc) is 2.65. The number of rotatable bonds is 1. The highest BCUT2D eigenvalue weighted by molar-refractivity contribution is 6.09. The SMILES string of the molecule is C[C@H]1CCC(=O)[C@@H]([C@@]2(O)C(=O)N(C)c3ccccc32)C1. The van der Waals surface area contributed by atoms with Crippen molar-refractivity contribution < 1.29 is 14.7 Å². The molecule has 0 bridgehead atoms. The number of aliphatic hydroxyl groups is 1. The van der Waals surface area contributed by atoms with Gasteiger partial charge in [0, 0.05) is 19.0 Å². The second kappa shape index (κ2) is 4.42. The second-order valence-corrected chi connectivity index (χ2v) is 6.05. The molecule has 0 spiro atoms. The summed E-state index contributed by atoms with van der Waals surface area (Å²) in [6.07, 6.45) is 1.87. The summed E-state index contributed by atoms with van der Waals surface area (Å²) in [7, 11) is 1.65. The summed E-state index contributed by atoms with van der Waals surface area (Å²) in [5.74, 6) is -0.646. The van der Waals surface area contributed by atoms with Gasteiger partial charge < -0.3 is 10.0 Å². The maximum atomic E-state index is 12.6. The first-order chi connectivity index (χ1) is 9.46. The number of benzene rings is 1. The van der Waals surface area contributed by atoms with Crippen molar-refractivity contribution in [1.29, 1.82) is 0 Å². The van der Waals surface area contributed by atoms with E-state index in [0.29, 0.717) is 30.0 Å². The van der Waals surface area contributed by atoms with Crippen LogP contribution in [0.25, 0.3) is 0 Å². The summed E-state index contributed by atoms with van der Waals surface area (Å²) in [5.41, 5.74) is -0.414. The van der Waals surface area contributed by atoms with Gasteiger partial charge in [-0.2, -0.15) is 0 Å². The largest absolute Gasteiger partial charge is 0.375 e. The molecule has 0 unspecified atom stereocenters. The summed E-state index contributed by atoms with van der Waals surface area (Å²) in [4.78, 5) is 26.3. The van der Waals surface area contributed by atoms with E-state index in [1.165, 1.54) is 4.90 Å². The number of anilines is 1. The monoisotopic (exact) mass is 273 g/mol. The van der Waals surface area contributed by atoms with Crippen LogP contribution in [-0.2, 0) is 15.2 Å². The van der Waals surface area contributed by atoms with Crippen LogP contribution >= 0.6 is 0 Å². The third kappa shape index (κ3) is 1.64. The van der Waals surface area contributed by atoms with Crippen molar-refractivity contribution in [2.75, 3.05) is 11.9 Å². The van der Waals surface area contributed by atoms with Gasteiger partial charge in [0.25, 0.3) is 5.91 Å². The van der Waals surface area contributed by atoms with E-state index in [1.54, 1.807) is 19.2 Å². The first-order valence-electron chi connectivity index (χ1n) is 7.09. The van der Waals surface area contributed by atoms with Crippen LogP contribution in [0.2, 0.25) is 0 Å². The highest BCUT2D eigenvalue weighted by atomic mass is 16.3. The van der Waals surface area contributed by atoms with Gasteiger partial charge in [0.15, 0.2) is 5.60 Å². The molecule has 1 heterocycles. The lowest BCUT2D eigenvalue weighted by molar-refractivity contribution is -0.153. The van der Waals surface area contributed by atoms with Gasteiger partial charge in [-0.05, 0) is 24.8 Å². The molecule has 1 amide bonds. The number of nitrogens with zero attached hydrogens (tertiary/aromatic N) is 1. The molecule has 1 aromatic carbocycles. The molecule has 1 aromatic rings. The minimum atomic E-state index is -1.68. The fraction of sp³-hybridized carbons (Fsp3) is 0.500. The summed E-state index contributed by atoms with van der Waals surface area (Å²) in [6, 6.07) is 7.19. The fourth-order valence-corrected chi connectivity index (χ4v) is 3.52. The van der Waals surface area contributed by atoms with Crippen LogP contribution in [0.5, 0.6) is 0 Å². The van der Waals surface area contributed by atoms with Crippen molar-refractivity contribution in [3.05, 3.63) is 29.8 Å². The predicted octanol–water partition coefficient (Wildman–Crippen LogP) is 1.86. The molecule has 1 N–H and O–H groups in total. The first kappa shape index (κ1) is 13.3. The Morgan fingerprint density at radius 3 is 2.75 bits per heavy atom. The van der Waals surface area contributed by atoms with Gasteiger partial charge >= 0.3 is 0 Å². The van der Waals surface area contributed by atoms with Crippen LogP contribution in [0.15, 0.2) is 24.3 Å². The second-order valence-electron chi connectivity index (χ2n) is 6.05. The molecule has 106 valence electrons. The van der Waals surface area contributed by atoms with Crippen LogP contribution < -0.4 is 4.90 Å². The van der Waals surface area contributed by atoms with Crippen LogP contribution in [0, 0.1) is 11.8 Å². The Kier molecular flexibility index (Phi) is 2.94. The normalized spacial score (nSPS) is 33.5. The zero-order valence-corrected chi connectivity index (χ0v) is 11.8. The van der Waals surface area contributed by atoms with Crippen molar-refractivity contribution in [2.24, 2.45) is 11.8 Å². The van der Waals surface area contributed by atoms with E-state index in [4.69, 9.17) is 0 Å². The lowest BCUT2D eigenvalue weighted by atomic mass is 9.70. The van der Waals surface area contributed by atoms with Crippen LogP contribution in [0.3, 0.4) is 0 Å². The van der Waals surface area contributed by atoms with Gasteiger partial charge in [0.1, 0.15) is 5.78 Å². The van der Waals surface area contributed by atoms with E-state index in [1.807, 2.05) is 12.1 Å². The number of hydrogen-bond donors (Lipinski definition) is 1. The highest BCUT2D eigenvalue weighted by Gasteiger charge is 2.56. The number of likely N-dealkylation sites (N-methyl/N-ethyl adjacent to an activating group) is 1. The van der Waals surface area contributed by atoms with Crippen molar-refractivity contribution in [3.8, 4) is 0 Å². The lowest BCUT2D eigenvalue weighted by Gasteiger charge is -2.35. The number of ketones is 1. The Labute approximate surface area is 118 Å². The maximum Gasteiger partial charge on any atom is 0.264 e. The topological polar surface area (TPSA) is 57.6 Å². The number of Topliss-reactive ketones (excluding diaryl/α,β-unsaturated/α-hetero) is 1. The molecule has 20 heavy (non-hydrogen) atoms. The molecular formula is C16H19NO3. The minimum Gasteiger partial charge on any atom is -0.375 e.